The van der Waals surface area contributed by atoms with E-state index in [1.165, 1.54) is 23.5 Å². The van der Waals surface area contributed by atoms with Gasteiger partial charge in [0.15, 0.2) is 0 Å². The van der Waals surface area contributed by atoms with Crippen molar-refractivity contribution in [2.45, 2.75) is 25.5 Å². The van der Waals surface area contributed by atoms with Crippen LogP contribution in [0.1, 0.15) is 18.4 Å². The molecule has 5 nitrogen and oxygen atoms in total. The first-order valence-electron chi connectivity index (χ1n) is 10.5. The lowest BCUT2D eigenvalue weighted by Gasteiger charge is -2.09. The van der Waals surface area contributed by atoms with Gasteiger partial charge in [0, 0.05) is 16.5 Å². The van der Waals surface area contributed by atoms with Gasteiger partial charge in [-0.05, 0) is 53.9 Å². The van der Waals surface area contributed by atoms with E-state index < -0.39 is 6.61 Å². The summed E-state index contributed by atoms with van der Waals surface area (Å²) in [4.78, 5) is 5.59. The van der Waals surface area contributed by atoms with Gasteiger partial charge in [0.05, 0.1) is 25.1 Å². The lowest BCUT2D eigenvalue weighted by Crippen LogP contribution is -2.13. The highest BCUT2D eigenvalue weighted by molar-refractivity contribution is 7.07. The number of benzene rings is 3. The molecule has 8 heteroatoms. The highest BCUT2D eigenvalue weighted by Gasteiger charge is 2.21. The summed E-state index contributed by atoms with van der Waals surface area (Å²) < 4.78 is 36.9. The molecule has 168 valence electrons. The first kappa shape index (κ1) is 21.3. The third-order valence-electron chi connectivity index (χ3n) is 5.35. The molecule has 4 aromatic rings. The Hall–Kier alpha value is -3.52. The van der Waals surface area contributed by atoms with Crippen LogP contribution in [-0.4, -0.2) is 30.7 Å². The molecule has 33 heavy (non-hydrogen) atoms. The molecule has 0 spiro atoms. The monoisotopic (exact) mass is 465 g/mol. The largest absolute Gasteiger partial charge is 0.496 e. The minimum atomic E-state index is -2.86. The van der Waals surface area contributed by atoms with E-state index in [2.05, 4.69) is 4.74 Å². The molecule has 0 atom stereocenters. The fourth-order valence-electron chi connectivity index (χ4n) is 3.57. The number of nitrogens with zero attached hydrogens (tertiary/aromatic N) is 3. The van der Waals surface area contributed by atoms with Crippen LogP contribution in [0.4, 0.5) is 8.78 Å². The van der Waals surface area contributed by atoms with Crippen LogP contribution in [0.25, 0.3) is 22.0 Å². The summed E-state index contributed by atoms with van der Waals surface area (Å²) in [5.74, 6) is 0.839. The Morgan fingerprint density at radius 3 is 2.58 bits per heavy atom. The molecule has 1 saturated carbocycles. The molecule has 1 heterocycles. The average molecular weight is 466 g/mol. The summed E-state index contributed by atoms with van der Waals surface area (Å²) in [5.41, 5.74) is 2.52. The van der Waals surface area contributed by atoms with Gasteiger partial charge in [-0.2, -0.15) is 13.9 Å². The van der Waals surface area contributed by atoms with E-state index in [0.29, 0.717) is 6.04 Å². The predicted molar refractivity (Wildman–Crippen MR) is 126 cm³/mol. The normalized spacial score (nSPS) is 14.5. The second kappa shape index (κ2) is 9.15. The fraction of sp³-hybridized carbons (Fsp3) is 0.200. The standard InChI is InChI=1S/C25H21F2N3O2S/c1-31-23-13-8-16-4-2-3-5-20(16)21(23)14-28-30-22(15-33-25(30)29-18-9-10-18)17-6-11-19(12-7-17)32-24(26)27/h2-8,11-15,18,24H,9-10H2,1H3/b28-14+,29-25?. The SMILES string of the molecule is COc1ccc2ccccc2c1/C=N/n1c(-c2ccc(OC(F)F)cc2)csc1=NC1CC1. The Bertz CT molecular complexity index is 1370. The maximum absolute atomic E-state index is 12.5. The molecule has 0 bridgehead atoms. The highest BCUT2D eigenvalue weighted by atomic mass is 32.1. The molecule has 0 saturated heterocycles. The molecule has 0 aliphatic heterocycles. The number of methoxy groups -OCH3 is 1. The van der Waals surface area contributed by atoms with Crippen LogP contribution in [-0.2, 0) is 0 Å². The van der Waals surface area contributed by atoms with Crippen LogP contribution in [0.15, 0.2) is 76.1 Å². The predicted octanol–water partition coefficient (Wildman–Crippen LogP) is 5.93. The van der Waals surface area contributed by atoms with Gasteiger partial charge in [-0.3, -0.25) is 4.99 Å². The topological polar surface area (TPSA) is 48.1 Å². The molecular weight excluding hydrogens is 444 g/mol. The number of fused-ring (bicyclic) bond motifs is 1. The minimum absolute atomic E-state index is 0.113. The lowest BCUT2D eigenvalue weighted by atomic mass is 10.0. The maximum Gasteiger partial charge on any atom is 0.387 e. The van der Waals surface area contributed by atoms with Crippen molar-refractivity contribution < 1.29 is 18.3 Å². The summed E-state index contributed by atoms with van der Waals surface area (Å²) in [7, 11) is 1.64. The Morgan fingerprint density at radius 2 is 1.85 bits per heavy atom. The van der Waals surface area contributed by atoms with Gasteiger partial charge < -0.3 is 9.47 Å². The Labute approximate surface area is 193 Å². The lowest BCUT2D eigenvalue weighted by molar-refractivity contribution is -0.0498. The number of aromatic nitrogens is 1. The zero-order chi connectivity index (χ0) is 22.8. The fourth-order valence-corrected chi connectivity index (χ4v) is 4.48. The number of hydrogen-bond acceptors (Lipinski definition) is 5. The molecule has 0 unspecified atom stereocenters. The summed E-state index contributed by atoms with van der Waals surface area (Å²) in [6.45, 7) is -2.86. The van der Waals surface area contributed by atoms with Crippen LogP contribution in [0.3, 0.4) is 0 Å². The van der Waals surface area contributed by atoms with E-state index in [9.17, 15) is 8.78 Å². The smallest absolute Gasteiger partial charge is 0.387 e. The first-order chi connectivity index (χ1) is 16.1. The second-order valence-corrected chi connectivity index (χ2v) is 8.46. The van der Waals surface area contributed by atoms with Crippen molar-refractivity contribution in [1.29, 1.82) is 0 Å². The minimum Gasteiger partial charge on any atom is -0.496 e. The van der Waals surface area contributed by atoms with E-state index in [0.717, 1.165) is 51.0 Å². The number of ether oxygens (including phenoxy) is 2. The van der Waals surface area contributed by atoms with Crippen molar-refractivity contribution in [3.05, 3.63) is 76.4 Å². The summed E-state index contributed by atoms with van der Waals surface area (Å²) in [6.07, 6.45) is 3.94. The van der Waals surface area contributed by atoms with Crippen molar-refractivity contribution in [2.24, 2.45) is 10.1 Å². The molecule has 0 N–H and O–H groups in total. The first-order valence-corrected chi connectivity index (χ1v) is 11.4. The van der Waals surface area contributed by atoms with Gasteiger partial charge in [0.25, 0.3) is 0 Å². The van der Waals surface area contributed by atoms with Gasteiger partial charge in [0.1, 0.15) is 11.5 Å². The van der Waals surface area contributed by atoms with E-state index in [-0.39, 0.29) is 5.75 Å². The molecule has 1 aliphatic rings. The van der Waals surface area contributed by atoms with E-state index in [1.807, 2.05) is 41.8 Å². The quantitative estimate of drug-likeness (QED) is 0.318. The number of thiazole rings is 1. The van der Waals surface area contributed by atoms with Gasteiger partial charge in [-0.25, -0.2) is 4.68 Å². The molecule has 3 aromatic carbocycles. The van der Waals surface area contributed by atoms with Crippen LogP contribution in [0.2, 0.25) is 0 Å². The van der Waals surface area contributed by atoms with Crippen molar-refractivity contribution in [2.75, 3.05) is 7.11 Å². The van der Waals surface area contributed by atoms with Crippen molar-refractivity contribution in [3.8, 4) is 22.8 Å². The molecule has 1 aliphatic carbocycles. The van der Waals surface area contributed by atoms with Gasteiger partial charge in [0.2, 0.25) is 4.80 Å². The van der Waals surface area contributed by atoms with Gasteiger partial charge in [-0.1, -0.05) is 30.3 Å². The highest BCUT2D eigenvalue weighted by Crippen LogP contribution is 2.28. The molecule has 1 fully saturated rings. The van der Waals surface area contributed by atoms with Crippen molar-refractivity contribution in [1.82, 2.24) is 4.68 Å². The van der Waals surface area contributed by atoms with Crippen LogP contribution >= 0.6 is 11.3 Å². The Morgan fingerprint density at radius 1 is 1.06 bits per heavy atom. The summed E-state index contributed by atoms with van der Waals surface area (Å²) in [5, 5.41) is 8.90. The summed E-state index contributed by atoms with van der Waals surface area (Å²) in [6, 6.07) is 18.9. The van der Waals surface area contributed by atoms with E-state index >= 15 is 0 Å². The van der Waals surface area contributed by atoms with Gasteiger partial charge >= 0.3 is 6.61 Å². The van der Waals surface area contributed by atoms with Crippen LogP contribution in [0, 0.1) is 0 Å². The Kier molecular flexibility index (Phi) is 5.92. The molecule has 5 rings (SSSR count). The molecule has 1 aromatic heterocycles. The average Bonchev–Trinajstić information content (AvgIpc) is 3.56. The van der Waals surface area contributed by atoms with Crippen LogP contribution in [0.5, 0.6) is 11.5 Å². The zero-order valence-electron chi connectivity index (χ0n) is 17.8. The van der Waals surface area contributed by atoms with E-state index in [1.54, 1.807) is 30.1 Å². The third kappa shape index (κ3) is 4.66. The Balaban J connectivity index is 1.59. The number of alkyl halides is 2. The number of hydrogen-bond donors (Lipinski definition) is 0. The maximum atomic E-state index is 12.5. The van der Waals surface area contributed by atoms with Gasteiger partial charge in [-0.15, -0.1) is 11.3 Å². The molecular formula is C25H21F2N3O2S. The van der Waals surface area contributed by atoms with E-state index in [4.69, 9.17) is 14.8 Å². The van der Waals surface area contributed by atoms with Crippen molar-refractivity contribution in [3.63, 3.8) is 0 Å². The molecule has 0 amide bonds. The zero-order valence-corrected chi connectivity index (χ0v) is 18.6. The van der Waals surface area contributed by atoms with Crippen molar-refractivity contribution >= 4 is 28.3 Å². The number of halogens is 2. The third-order valence-corrected chi connectivity index (χ3v) is 6.18. The van der Waals surface area contributed by atoms with Crippen LogP contribution < -0.4 is 14.3 Å². The second-order valence-electron chi connectivity index (χ2n) is 7.63. The number of rotatable bonds is 7. The molecule has 0 radical (unpaired) electrons. The summed E-state index contributed by atoms with van der Waals surface area (Å²) >= 11 is 1.50.